The summed E-state index contributed by atoms with van der Waals surface area (Å²) >= 11 is 0. The molecule has 106 valence electrons. The third-order valence-electron chi connectivity index (χ3n) is 4.72. The van der Waals surface area contributed by atoms with E-state index in [1.54, 1.807) is 0 Å². The first kappa shape index (κ1) is 13.1. The van der Waals surface area contributed by atoms with Crippen LogP contribution in [0.15, 0.2) is 6.20 Å². The van der Waals surface area contributed by atoms with Gasteiger partial charge in [-0.2, -0.15) is 0 Å². The van der Waals surface area contributed by atoms with Crippen molar-refractivity contribution in [3.05, 3.63) is 17.7 Å². The van der Waals surface area contributed by atoms with Crippen LogP contribution in [0, 0.1) is 0 Å². The Bertz CT molecular complexity index is 433. The smallest absolute Gasteiger partial charge is 0.112 e. The molecule has 0 aromatic carbocycles. The van der Waals surface area contributed by atoms with Gasteiger partial charge in [-0.25, -0.2) is 4.98 Å². The summed E-state index contributed by atoms with van der Waals surface area (Å²) < 4.78 is 2.28. The van der Waals surface area contributed by atoms with Crippen molar-refractivity contribution in [1.82, 2.24) is 14.5 Å². The average molecular weight is 263 g/mol. The molecule has 4 heteroatoms. The molecule has 1 atom stereocenters. The molecule has 2 aliphatic heterocycles. The lowest BCUT2D eigenvalue weighted by Crippen LogP contribution is -2.38. The van der Waals surface area contributed by atoms with Crippen molar-refractivity contribution < 1.29 is 5.11 Å². The largest absolute Gasteiger partial charge is 0.391 e. The molecule has 1 saturated heterocycles. The Hall–Kier alpha value is -0.870. The second-order valence-corrected chi connectivity index (χ2v) is 6.31. The average Bonchev–Trinajstić information content (AvgIpc) is 2.81. The van der Waals surface area contributed by atoms with Crippen LogP contribution < -0.4 is 0 Å². The third-order valence-corrected chi connectivity index (χ3v) is 4.72. The summed E-state index contributed by atoms with van der Waals surface area (Å²) in [5.74, 6) is 1.80. The highest BCUT2D eigenvalue weighted by atomic mass is 16.3. The highest BCUT2D eigenvalue weighted by Crippen LogP contribution is 2.30. The van der Waals surface area contributed by atoms with Crippen molar-refractivity contribution in [2.24, 2.45) is 0 Å². The van der Waals surface area contributed by atoms with E-state index in [0.717, 1.165) is 19.4 Å². The maximum absolute atomic E-state index is 9.86. The van der Waals surface area contributed by atoms with Gasteiger partial charge in [0.2, 0.25) is 0 Å². The van der Waals surface area contributed by atoms with Gasteiger partial charge in [-0.3, -0.25) is 0 Å². The summed E-state index contributed by atoms with van der Waals surface area (Å²) in [5.41, 5.74) is 1.31. The Balaban J connectivity index is 1.72. The number of hydrogen-bond donors (Lipinski definition) is 1. The number of imidazole rings is 1. The van der Waals surface area contributed by atoms with Gasteiger partial charge >= 0.3 is 0 Å². The van der Waals surface area contributed by atoms with Gasteiger partial charge in [-0.05, 0) is 52.6 Å². The summed E-state index contributed by atoms with van der Waals surface area (Å²) in [7, 11) is 0. The normalized spacial score (nSPS) is 25.8. The van der Waals surface area contributed by atoms with Crippen molar-refractivity contribution in [1.29, 1.82) is 0 Å². The number of aryl methyl sites for hydroxylation is 1. The molecule has 0 bridgehead atoms. The molecule has 1 unspecified atom stereocenters. The fourth-order valence-electron chi connectivity index (χ4n) is 3.45. The van der Waals surface area contributed by atoms with E-state index in [1.807, 2.05) is 6.20 Å². The summed E-state index contributed by atoms with van der Waals surface area (Å²) in [6, 6.07) is 0.650. The molecule has 4 nitrogen and oxygen atoms in total. The number of nitrogens with zero attached hydrogens (tertiary/aromatic N) is 3. The number of aliphatic hydroxyl groups excluding tert-OH is 1. The van der Waals surface area contributed by atoms with Gasteiger partial charge in [0, 0.05) is 23.9 Å². The topological polar surface area (TPSA) is 41.3 Å². The molecule has 1 aromatic rings. The van der Waals surface area contributed by atoms with Crippen LogP contribution in [0.1, 0.15) is 50.5 Å². The maximum Gasteiger partial charge on any atom is 0.112 e. The van der Waals surface area contributed by atoms with Gasteiger partial charge < -0.3 is 14.6 Å². The Morgan fingerprint density at radius 2 is 2.00 bits per heavy atom. The van der Waals surface area contributed by atoms with E-state index in [0.29, 0.717) is 12.0 Å². The van der Waals surface area contributed by atoms with Gasteiger partial charge in [0.25, 0.3) is 0 Å². The molecular formula is C15H25N3O. The van der Waals surface area contributed by atoms with E-state index in [4.69, 9.17) is 0 Å². The minimum Gasteiger partial charge on any atom is -0.391 e. The van der Waals surface area contributed by atoms with Crippen molar-refractivity contribution in [3.63, 3.8) is 0 Å². The zero-order chi connectivity index (χ0) is 13.4. The number of fused-ring (bicyclic) bond motifs is 1. The molecule has 0 saturated carbocycles. The first-order chi connectivity index (χ1) is 9.15. The van der Waals surface area contributed by atoms with E-state index >= 15 is 0 Å². The predicted octanol–water partition coefficient (Wildman–Crippen LogP) is 1.78. The molecular weight excluding hydrogens is 238 g/mol. The first-order valence-corrected chi connectivity index (χ1v) is 7.61. The molecule has 0 amide bonds. The number of hydrogen-bond acceptors (Lipinski definition) is 3. The molecule has 0 spiro atoms. The fourth-order valence-corrected chi connectivity index (χ4v) is 3.45. The Morgan fingerprint density at radius 3 is 2.68 bits per heavy atom. The zero-order valence-corrected chi connectivity index (χ0v) is 12.0. The molecule has 0 radical (unpaired) electrons. The Labute approximate surface area is 115 Å². The summed E-state index contributed by atoms with van der Waals surface area (Å²) in [4.78, 5) is 7.21. The van der Waals surface area contributed by atoms with Crippen molar-refractivity contribution in [2.75, 3.05) is 13.1 Å². The minimum absolute atomic E-state index is 0.184. The number of aromatic nitrogens is 2. The summed E-state index contributed by atoms with van der Waals surface area (Å²) in [6.45, 7) is 7.64. The monoisotopic (exact) mass is 263 g/mol. The van der Waals surface area contributed by atoms with Crippen LogP contribution in [0.2, 0.25) is 0 Å². The van der Waals surface area contributed by atoms with E-state index < -0.39 is 0 Å². The summed E-state index contributed by atoms with van der Waals surface area (Å²) in [6.07, 6.45) is 6.10. The second kappa shape index (κ2) is 5.25. The molecule has 1 fully saturated rings. The standard InChI is InChI=1S/C15H25N3O/c1-11(2)17-7-5-12(6-8-17)15-16-9-13-3-4-14(19)10-18(13)15/h9,11-12,14,19H,3-8,10H2,1-2H3. The van der Waals surface area contributed by atoms with Gasteiger partial charge in [-0.15, -0.1) is 0 Å². The van der Waals surface area contributed by atoms with Crippen LogP contribution in [0.3, 0.4) is 0 Å². The molecule has 1 N–H and O–H groups in total. The number of piperidine rings is 1. The van der Waals surface area contributed by atoms with Crippen LogP contribution in [-0.2, 0) is 13.0 Å². The SMILES string of the molecule is CC(C)N1CCC(c2ncc3n2CC(O)CC3)CC1. The lowest BCUT2D eigenvalue weighted by Gasteiger charge is -2.35. The predicted molar refractivity (Wildman–Crippen MR) is 75.2 cm³/mol. The van der Waals surface area contributed by atoms with Crippen LogP contribution in [-0.4, -0.2) is 44.8 Å². The van der Waals surface area contributed by atoms with Crippen molar-refractivity contribution in [2.45, 2.75) is 64.1 Å². The van der Waals surface area contributed by atoms with E-state index in [-0.39, 0.29) is 6.10 Å². The highest BCUT2D eigenvalue weighted by Gasteiger charge is 2.28. The molecule has 1 aromatic heterocycles. The van der Waals surface area contributed by atoms with Gasteiger partial charge in [0.1, 0.15) is 5.82 Å². The quantitative estimate of drug-likeness (QED) is 0.884. The lowest BCUT2D eigenvalue weighted by molar-refractivity contribution is 0.126. The number of rotatable bonds is 2. The van der Waals surface area contributed by atoms with Crippen molar-refractivity contribution >= 4 is 0 Å². The van der Waals surface area contributed by atoms with E-state index in [1.165, 1.54) is 37.4 Å². The fraction of sp³-hybridized carbons (Fsp3) is 0.800. The molecule has 2 aliphatic rings. The van der Waals surface area contributed by atoms with Crippen LogP contribution >= 0.6 is 0 Å². The third kappa shape index (κ3) is 2.56. The van der Waals surface area contributed by atoms with Gasteiger partial charge in [0.15, 0.2) is 0 Å². The minimum atomic E-state index is -0.184. The van der Waals surface area contributed by atoms with Crippen LogP contribution in [0.5, 0.6) is 0 Å². The number of likely N-dealkylation sites (tertiary alicyclic amines) is 1. The Kier molecular flexibility index (Phi) is 3.63. The first-order valence-electron chi connectivity index (χ1n) is 7.61. The van der Waals surface area contributed by atoms with Crippen molar-refractivity contribution in [3.8, 4) is 0 Å². The van der Waals surface area contributed by atoms with Gasteiger partial charge in [0.05, 0.1) is 12.6 Å². The second-order valence-electron chi connectivity index (χ2n) is 6.31. The molecule has 3 rings (SSSR count). The molecule has 19 heavy (non-hydrogen) atoms. The van der Waals surface area contributed by atoms with E-state index in [9.17, 15) is 5.11 Å². The maximum atomic E-state index is 9.86. The van der Waals surface area contributed by atoms with E-state index in [2.05, 4.69) is 28.3 Å². The lowest BCUT2D eigenvalue weighted by atomic mass is 9.94. The highest BCUT2D eigenvalue weighted by molar-refractivity contribution is 5.13. The van der Waals surface area contributed by atoms with Crippen LogP contribution in [0.25, 0.3) is 0 Å². The molecule has 0 aliphatic carbocycles. The van der Waals surface area contributed by atoms with Gasteiger partial charge in [-0.1, -0.05) is 0 Å². The molecule has 3 heterocycles. The summed E-state index contributed by atoms with van der Waals surface area (Å²) in [5, 5.41) is 9.86. The number of aliphatic hydroxyl groups is 1. The Morgan fingerprint density at radius 1 is 1.26 bits per heavy atom. The van der Waals surface area contributed by atoms with Crippen LogP contribution in [0.4, 0.5) is 0 Å². The zero-order valence-electron chi connectivity index (χ0n) is 12.0.